The average molecular weight is 318 g/mol. The van der Waals surface area contributed by atoms with Crippen molar-refractivity contribution in [3.8, 4) is 11.3 Å². The van der Waals surface area contributed by atoms with E-state index in [1.54, 1.807) is 0 Å². The van der Waals surface area contributed by atoms with E-state index < -0.39 is 0 Å². The summed E-state index contributed by atoms with van der Waals surface area (Å²) < 4.78 is 0. The maximum Gasteiger partial charge on any atom is 0.240 e. The van der Waals surface area contributed by atoms with Gasteiger partial charge in [-0.15, -0.1) is 0 Å². The molecule has 3 aromatic rings. The fourth-order valence-corrected chi connectivity index (χ4v) is 3.31. The second-order valence-corrected chi connectivity index (χ2v) is 6.01. The first kappa shape index (κ1) is 14.6. The van der Waals surface area contributed by atoms with Crippen molar-refractivity contribution in [2.45, 2.75) is 18.9 Å². The highest BCUT2D eigenvalue weighted by molar-refractivity contribution is 5.93. The Balaban J connectivity index is 1.90. The van der Waals surface area contributed by atoms with Crippen molar-refractivity contribution in [1.29, 1.82) is 0 Å². The first-order valence-electron chi connectivity index (χ1n) is 8.12. The van der Waals surface area contributed by atoms with Crippen LogP contribution in [0.1, 0.15) is 12.8 Å². The minimum absolute atomic E-state index is 0.314. The quantitative estimate of drug-likeness (QED) is 0.806. The van der Waals surface area contributed by atoms with Gasteiger partial charge in [-0.3, -0.25) is 4.79 Å². The molecule has 1 aliphatic heterocycles. The number of hydrogen-bond donors (Lipinski definition) is 1. The van der Waals surface area contributed by atoms with E-state index in [-0.39, 0.29) is 11.9 Å². The van der Waals surface area contributed by atoms with E-state index in [1.807, 2.05) is 59.5 Å². The molecule has 0 bridgehead atoms. The van der Waals surface area contributed by atoms with Crippen LogP contribution in [0, 0.1) is 0 Å². The molecule has 5 heteroatoms. The summed E-state index contributed by atoms with van der Waals surface area (Å²) in [4.78, 5) is 23.1. The summed E-state index contributed by atoms with van der Waals surface area (Å²) in [5.74, 6) is 0.263. The highest BCUT2D eigenvalue weighted by atomic mass is 16.1. The van der Waals surface area contributed by atoms with E-state index in [2.05, 4.69) is 4.98 Å². The maximum atomic E-state index is 11.7. The summed E-state index contributed by atoms with van der Waals surface area (Å²) >= 11 is 0. The molecule has 24 heavy (non-hydrogen) atoms. The molecule has 120 valence electrons. The van der Waals surface area contributed by atoms with Crippen LogP contribution in [0.3, 0.4) is 0 Å². The van der Waals surface area contributed by atoms with E-state index in [4.69, 9.17) is 10.7 Å². The number of para-hydroxylation sites is 1. The van der Waals surface area contributed by atoms with Gasteiger partial charge in [0.15, 0.2) is 0 Å². The highest BCUT2D eigenvalue weighted by Crippen LogP contribution is 2.30. The summed E-state index contributed by atoms with van der Waals surface area (Å²) in [5.41, 5.74) is 8.34. The van der Waals surface area contributed by atoms with Crippen molar-refractivity contribution in [1.82, 2.24) is 9.97 Å². The van der Waals surface area contributed by atoms with Crippen molar-refractivity contribution >= 4 is 22.8 Å². The van der Waals surface area contributed by atoms with Crippen LogP contribution in [-0.2, 0) is 4.79 Å². The van der Waals surface area contributed by atoms with E-state index in [0.717, 1.165) is 41.5 Å². The Morgan fingerprint density at radius 2 is 1.79 bits per heavy atom. The average Bonchev–Trinajstić information content (AvgIpc) is 3.11. The molecule has 2 heterocycles. The summed E-state index contributed by atoms with van der Waals surface area (Å²) in [7, 11) is 0. The van der Waals surface area contributed by atoms with Crippen LogP contribution in [0.4, 0.5) is 5.95 Å². The van der Waals surface area contributed by atoms with Gasteiger partial charge in [0.2, 0.25) is 11.9 Å². The Morgan fingerprint density at radius 1 is 1.04 bits per heavy atom. The number of hydrogen-bond acceptors (Lipinski definition) is 4. The van der Waals surface area contributed by atoms with E-state index in [0.29, 0.717) is 5.95 Å². The molecule has 1 aliphatic rings. The zero-order valence-electron chi connectivity index (χ0n) is 13.2. The number of rotatable bonds is 3. The number of carbonyl (C=O) groups is 1. The molecular formula is C19H18N4O. The third-order valence-corrected chi connectivity index (χ3v) is 4.48. The largest absolute Gasteiger partial charge is 0.368 e. The number of amides is 1. The standard InChI is InChI=1S/C19H18N4O/c20-18(24)16-11-6-12-23(16)19-21-15-10-5-4-9-14(15)17(22-19)13-7-2-1-3-8-13/h1-5,7-10,16H,6,11-12H2,(H2,20,24). The number of primary amides is 1. The molecule has 1 atom stereocenters. The van der Waals surface area contributed by atoms with Gasteiger partial charge in [-0.25, -0.2) is 9.97 Å². The van der Waals surface area contributed by atoms with Crippen molar-refractivity contribution < 1.29 is 4.79 Å². The van der Waals surface area contributed by atoms with Gasteiger partial charge in [-0.1, -0.05) is 48.5 Å². The van der Waals surface area contributed by atoms with Crippen LogP contribution in [0.15, 0.2) is 54.6 Å². The monoisotopic (exact) mass is 318 g/mol. The number of benzene rings is 2. The fraction of sp³-hybridized carbons (Fsp3) is 0.211. The summed E-state index contributed by atoms with van der Waals surface area (Å²) in [6, 6.07) is 17.7. The first-order chi connectivity index (χ1) is 11.7. The van der Waals surface area contributed by atoms with Crippen LogP contribution < -0.4 is 10.6 Å². The van der Waals surface area contributed by atoms with Gasteiger partial charge in [-0.05, 0) is 18.9 Å². The minimum Gasteiger partial charge on any atom is -0.368 e. The number of nitrogens with two attached hydrogens (primary N) is 1. The number of nitrogens with zero attached hydrogens (tertiary/aromatic N) is 3. The zero-order chi connectivity index (χ0) is 16.5. The third-order valence-electron chi connectivity index (χ3n) is 4.48. The Bertz CT molecular complexity index is 894. The van der Waals surface area contributed by atoms with Crippen molar-refractivity contribution in [3.63, 3.8) is 0 Å². The second-order valence-electron chi connectivity index (χ2n) is 6.01. The highest BCUT2D eigenvalue weighted by Gasteiger charge is 2.31. The van der Waals surface area contributed by atoms with Crippen molar-refractivity contribution in [2.24, 2.45) is 5.73 Å². The predicted octanol–water partition coefficient (Wildman–Crippen LogP) is 2.75. The topological polar surface area (TPSA) is 72.1 Å². The van der Waals surface area contributed by atoms with Gasteiger partial charge in [0.1, 0.15) is 6.04 Å². The van der Waals surface area contributed by atoms with Crippen molar-refractivity contribution in [3.05, 3.63) is 54.6 Å². The van der Waals surface area contributed by atoms with E-state index in [9.17, 15) is 4.79 Å². The number of anilines is 1. The van der Waals surface area contributed by atoms with Crippen LogP contribution in [0.25, 0.3) is 22.2 Å². The molecule has 1 unspecified atom stereocenters. The zero-order valence-corrected chi connectivity index (χ0v) is 13.2. The molecule has 0 aliphatic carbocycles. The molecule has 1 aromatic heterocycles. The first-order valence-corrected chi connectivity index (χ1v) is 8.12. The Morgan fingerprint density at radius 3 is 2.58 bits per heavy atom. The molecule has 5 nitrogen and oxygen atoms in total. The Kier molecular flexibility index (Phi) is 3.61. The minimum atomic E-state index is -0.324. The SMILES string of the molecule is NC(=O)C1CCCN1c1nc(-c2ccccc2)c2ccccc2n1. The normalized spacial score (nSPS) is 17.3. The summed E-state index contributed by atoms with van der Waals surface area (Å²) in [6.45, 7) is 0.750. The van der Waals surface area contributed by atoms with Gasteiger partial charge in [0.25, 0.3) is 0 Å². The Hall–Kier alpha value is -2.95. The molecule has 4 rings (SSSR count). The van der Waals surface area contributed by atoms with Gasteiger partial charge < -0.3 is 10.6 Å². The lowest BCUT2D eigenvalue weighted by molar-refractivity contribution is -0.119. The van der Waals surface area contributed by atoms with Crippen LogP contribution >= 0.6 is 0 Å². The maximum absolute atomic E-state index is 11.7. The third kappa shape index (κ3) is 2.48. The van der Waals surface area contributed by atoms with Gasteiger partial charge in [0, 0.05) is 17.5 Å². The lowest BCUT2D eigenvalue weighted by Gasteiger charge is -2.23. The molecule has 0 spiro atoms. The lowest BCUT2D eigenvalue weighted by atomic mass is 10.1. The summed E-state index contributed by atoms with van der Waals surface area (Å²) in [5, 5.41) is 1.00. The lowest BCUT2D eigenvalue weighted by Crippen LogP contribution is -2.41. The smallest absolute Gasteiger partial charge is 0.240 e. The summed E-state index contributed by atoms with van der Waals surface area (Å²) in [6.07, 6.45) is 1.68. The second kappa shape index (κ2) is 5.92. The van der Waals surface area contributed by atoms with Crippen LogP contribution in [-0.4, -0.2) is 28.5 Å². The number of carbonyl (C=O) groups excluding carboxylic acids is 1. The molecule has 1 fully saturated rings. The number of aromatic nitrogens is 2. The predicted molar refractivity (Wildman–Crippen MR) is 94.5 cm³/mol. The fourth-order valence-electron chi connectivity index (χ4n) is 3.31. The molecule has 2 N–H and O–H groups in total. The molecule has 2 aromatic carbocycles. The molecular weight excluding hydrogens is 300 g/mol. The number of fused-ring (bicyclic) bond motifs is 1. The molecule has 0 radical (unpaired) electrons. The molecule has 1 saturated heterocycles. The van der Waals surface area contributed by atoms with E-state index >= 15 is 0 Å². The van der Waals surface area contributed by atoms with E-state index in [1.165, 1.54) is 0 Å². The van der Waals surface area contributed by atoms with Gasteiger partial charge >= 0.3 is 0 Å². The van der Waals surface area contributed by atoms with Gasteiger partial charge in [-0.2, -0.15) is 0 Å². The van der Waals surface area contributed by atoms with Crippen LogP contribution in [0.2, 0.25) is 0 Å². The van der Waals surface area contributed by atoms with Crippen LogP contribution in [0.5, 0.6) is 0 Å². The molecule has 1 amide bonds. The van der Waals surface area contributed by atoms with Crippen molar-refractivity contribution in [2.75, 3.05) is 11.4 Å². The van der Waals surface area contributed by atoms with Gasteiger partial charge in [0.05, 0.1) is 11.2 Å². The Labute approximate surface area is 140 Å². The molecule has 0 saturated carbocycles.